The van der Waals surface area contributed by atoms with Crippen LogP contribution in [0, 0.1) is 0 Å². The summed E-state index contributed by atoms with van der Waals surface area (Å²) in [4.78, 5) is 45.3. The molecule has 8 nitrogen and oxygen atoms in total. The molecule has 2 heterocycles. The van der Waals surface area contributed by atoms with Gasteiger partial charge in [0.1, 0.15) is 0 Å². The first-order chi connectivity index (χ1) is 12.9. The highest BCUT2D eigenvalue weighted by Crippen LogP contribution is 2.18. The highest BCUT2D eigenvalue weighted by Gasteiger charge is 2.13. The Balaban J connectivity index is 1.93. The van der Waals surface area contributed by atoms with E-state index in [0.29, 0.717) is 23.1 Å². The minimum absolute atomic E-state index is 0.0412. The van der Waals surface area contributed by atoms with Crippen molar-refractivity contribution >= 4 is 33.8 Å². The van der Waals surface area contributed by atoms with Crippen LogP contribution in [0.4, 0.5) is 5.69 Å². The highest BCUT2D eigenvalue weighted by molar-refractivity contribution is 5.94. The number of benzene rings is 1. The molecule has 0 aliphatic rings. The molecule has 142 valence electrons. The average Bonchev–Trinajstić information content (AvgIpc) is 2.67. The van der Waals surface area contributed by atoms with Crippen LogP contribution in [0.3, 0.4) is 0 Å². The summed E-state index contributed by atoms with van der Waals surface area (Å²) in [5, 5.41) is 2.86. The van der Waals surface area contributed by atoms with Gasteiger partial charge in [-0.05, 0) is 24.6 Å². The van der Waals surface area contributed by atoms with Gasteiger partial charge in [0.2, 0.25) is 5.91 Å². The number of fused-ring (bicyclic) bond motifs is 2. The lowest BCUT2D eigenvalue weighted by molar-refractivity contribution is -0.116. The van der Waals surface area contributed by atoms with Gasteiger partial charge < -0.3 is 5.32 Å². The van der Waals surface area contributed by atoms with Crippen LogP contribution in [-0.4, -0.2) is 25.0 Å². The van der Waals surface area contributed by atoms with E-state index in [4.69, 9.17) is 0 Å². The van der Waals surface area contributed by atoms with Crippen molar-refractivity contribution in [2.24, 2.45) is 14.1 Å². The second kappa shape index (κ2) is 7.69. The quantitative estimate of drug-likeness (QED) is 0.530. The van der Waals surface area contributed by atoms with E-state index in [1.165, 1.54) is 11.6 Å². The van der Waals surface area contributed by atoms with E-state index in [1.54, 1.807) is 25.2 Å². The molecule has 1 aromatic carbocycles. The molecule has 3 aromatic rings. The van der Waals surface area contributed by atoms with Crippen molar-refractivity contribution in [1.82, 2.24) is 19.1 Å². The van der Waals surface area contributed by atoms with E-state index in [2.05, 4.69) is 22.2 Å². The summed E-state index contributed by atoms with van der Waals surface area (Å²) in [6, 6.07) is 5.14. The van der Waals surface area contributed by atoms with Gasteiger partial charge in [0.05, 0.1) is 11.0 Å². The minimum atomic E-state index is -0.480. The van der Waals surface area contributed by atoms with E-state index in [9.17, 15) is 14.4 Å². The molecule has 2 aromatic heterocycles. The van der Waals surface area contributed by atoms with Gasteiger partial charge in [-0.3, -0.25) is 18.7 Å². The van der Waals surface area contributed by atoms with E-state index in [-0.39, 0.29) is 17.1 Å². The molecule has 0 unspecified atom stereocenters. The van der Waals surface area contributed by atoms with Crippen molar-refractivity contribution in [2.45, 2.75) is 39.0 Å². The van der Waals surface area contributed by atoms with Crippen molar-refractivity contribution in [1.29, 1.82) is 0 Å². The van der Waals surface area contributed by atoms with Crippen LogP contribution in [0.1, 0.15) is 39.0 Å². The predicted octanol–water partition coefficient (Wildman–Crippen LogP) is 2.09. The lowest BCUT2D eigenvalue weighted by Gasteiger charge is -2.09. The molecule has 0 fully saturated rings. The molecule has 0 aliphatic carbocycles. The molecule has 0 bridgehead atoms. The zero-order valence-corrected chi connectivity index (χ0v) is 15.8. The largest absolute Gasteiger partial charge is 0.332 e. The van der Waals surface area contributed by atoms with Crippen LogP contribution >= 0.6 is 0 Å². The van der Waals surface area contributed by atoms with Crippen LogP contribution in [0.5, 0.6) is 0 Å². The molecular weight excluding hydrogens is 346 g/mol. The highest BCUT2D eigenvalue weighted by atomic mass is 16.2. The van der Waals surface area contributed by atoms with Gasteiger partial charge in [-0.15, -0.1) is 0 Å². The summed E-state index contributed by atoms with van der Waals surface area (Å²) in [6.07, 6.45) is 4.64. The Morgan fingerprint density at radius 2 is 1.81 bits per heavy atom. The van der Waals surface area contributed by atoms with Crippen molar-refractivity contribution in [2.75, 3.05) is 5.32 Å². The number of hydrogen-bond acceptors (Lipinski definition) is 5. The number of hydrogen-bond donors (Lipinski definition) is 1. The zero-order chi connectivity index (χ0) is 19.6. The number of rotatable bonds is 6. The van der Waals surface area contributed by atoms with Gasteiger partial charge in [0.15, 0.2) is 11.2 Å². The first-order valence-corrected chi connectivity index (χ1v) is 9.09. The van der Waals surface area contributed by atoms with Crippen molar-refractivity contribution in [3.05, 3.63) is 39.0 Å². The molecule has 0 radical (unpaired) electrons. The SMILES string of the molecule is CCCCCCC(=O)Nc1ccc2nc3c(=O)n(C)c(=O)n(C)c3nc2c1. The lowest BCUT2D eigenvalue weighted by atomic mass is 10.1. The molecule has 0 saturated carbocycles. The lowest BCUT2D eigenvalue weighted by Crippen LogP contribution is -2.37. The second-order valence-corrected chi connectivity index (χ2v) is 6.66. The Hall–Kier alpha value is -3.03. The van der Waals surface area contributed by atoms with Crippen LogP contribution in [0.15, 0.2) is 27.8 Å². The first kappa shape index (κ1) is 18.8. The third-order valence-corrected chi connectivity index (χ3v) is 4.59. The van der Waals surface area contributed by atoms with Crippen molar-refractivity contribution in [3.63, 3.8) is 0 Å². The molecule has 3 rings (SSSR count). The molecule has 8 heteroatoms. The number of unbranched alkanes of at least 4 members (excludes halogenated alkanes) is 3. The summed E-state index contributed by atoms with van der Waals surface area (Å²) in [5.41, 5.74) is 1.07. The number of anilines is 1. The topological polar surface area (TPSA) is 98.9 Å². The third kappa shape index (κ3) is 3.74. The van der Waals surface area contributed by atoms with E-state index >= 15 is 0 Å². The molecule has 1 N–H and O–H groups in total. The first-order valence-electron chi connectivity index (χ1n) is 9.09. The Labute approximate surface area is 155 Å². The van der Waals surface area contributed by atoms with Crippen LogP contribution in [-0.2, 0) is 18.9 Å². The maximum absolute atomic E-state index is 12.3. The summed E-state index contributed by atoms with van der Waals surface area (Å²) in [5.74, 6) is -0.0412. The van der Waals surface area contributed by atoms with Crippen LogP contribution in [0.25, 0.3) is 22.2 Å². The summed E-state index contributed by atoms with van der Waals surface area (Å²) >= 11 is 0. The summed E-state index contributed by atoms with van der Waals surface area (Å²) in [7, 11) is 2.96. The number of nitrogens with zero attached hydrogens (tertiary/aromatic N) is 4. The van der Waals surface area contributed by atoms with Crippen LogP contribution in [0.2, 0.25) is 0 Å². The van der Waals surface area contributed by atoms with Gasteiger partial charge in [0, 0.05) is 26.2 Å². The number of carbonyl (C=O) groups excluding carboxylic acids is 1. The predicted molar refractivity (Wildman–Crippen MR) is 105 cm³/mol. The maximum Gasteiger partial charge on any atom is 0.332 e. The standard InChI is InChI=1S/C19H23N5O3/c1-4-5-6-7-8-15(25)20-12-9-10-13-14(11-12)22-17-16(21-13)18(26)24(3)19(27)23(17)2/h9-11H,4-8H2,1-3H3,(H,20,25). The number of amides is 1. The molecule has 0 spiro atoms. The Kier molecular flexibility index (Phi) is 5.34. The Bertz CT molecular complexity index is 1130. The summed E-state index contributed by atoms with van der Waals surface area (Å²) in [6.45, 7) is 2.13. The molecule has 0 saturated heterocycles. The number of carbonyl (C=O) groups is 1. The zero-order valence-electron chi connectivity index (χ0n) is 15.8. The fraction of sp³-hybridized carbons (Fsp3) is 0.421. The molecular formula is C19H23N5O3. The van der Waals surface area contributed by atoms with Gasteiger partial charge in [0.25, 0.3) is 5.56 Å². The Morgan fingerprint density at radius 3 is 2.56 bits per heavy atom. The smallest absolute Gasteiger partial charge is 0.326 e. The van der Waals surface area contributed by atoms with Gasteiger partial charge in [-0.1, -0.05) is 26.2 Å². The second-order valence-electron chi connectivity index (χ2n) is 6.66. The van der Waals surface area contributed by atoms with Crippen molar-refractivity contribution in [3.8, 4) is 0 Å². The van der Waals surface area contributed by atoms with E-state index < -0.39 is 11.2 Å². The number of aryl methyl sites for hydroxylation is 1. The van der Waals surface area contributed by atoms with Crippen LogP contribution < -0.4 is 16.6 Å². The van der Waals surface area contributed by atoms with E-state index in [0.717, 1.165) is 30.3 Å². The Morgan fingerprint density at radius 1 is 1.04 bits per heavy atom. The number of aromatic nitrogens is 4. The molecule has 1 amide bonds. The van der Waals surface area contributed by atoms with Gasteiger partial charge in [-0.2, -0.15) is 0 Å². The average molecular weight is 369 g/mol. The van der Waals surface area contributed by atoms with Crippen molar-refractivity contribution < 1.29 is 4.79 Å². The third-order valence-electron chi connectivity index (χ3n) is 4.59. The molecule has 0 aliphatic heterocycles. The number of nitrogens with one attached hydrogen (secondary N) is 1. The maximum atomic E-state index is 12.3. The monoisotopic (exact) mass is 369 g/mol. The van der Waals surface area contributed by atoms with E-state index in [1.807, 2.05) is 0 Å². The molecule has 0 atom stereocenters. The van der Waals surface area contributed by atoms with Gasteiger partial charge in [-0.25, -0.2) is 14.8 Å². The summed E-state index contributed by atoms with van der Waals surface area (Å²) < 4.78 is 2.30. The fourth-order valence-corrected chi connectivity index (χ4v) is 3.00. The normalized spacial score (nSPS) is 11.2. The van der Waals surface area contributed by atoms with Gasteiger partial charge >= 0.3 is 5.69 Å². The molecule has 27 heavy (non-hydrogen) atoms. The minimum Gasteiger partial charge on any atom is -0.326 e. The fourth-order valence-electron chi connectivity index (χ4n) is 3.00.